The lowest BCUT2D eigenvalue weighted by Crippen LogP contribution is -2.40. The Kier molecular flexibility index (Phi) is 5.55. The van der Waals surface area contributed by atoms with E-state index >= 15 is 0 Å². The predicted octanol–water partition coefficient (Wildman–Crippen LogP) is 1.74. The fraction of sp³-hybridized carbons (Fsp3) is 0.357. The zero-order chi connectivity index (χ0) is 14.3. The summed E-state index contributed by atoms with van der Waals surface area (Å²) in [6, 6.07) is 7.71. The fourth-order valence-electron chi connectivity index (χ4n) is 1.65. The molecule has 1 atom stereocenters. The first-order valence-electron chi connectivity index (χ1n) is 6.08. The summed E-state index contributed by atoms with van der Waals surface area (Å²) < 4.78 is 0. The highest BCUT2D eigenvalue weighted by Gasteiger charge is 2.19. The molecule has 5 heteroatoms. The second-order valence-corrected chi connectivity index (χ2v) is 4.18. The summed E-state index contributed by atoms with van der Waals surface area (Å²) in [7, 11) is 0. The molecule has 1 amide bonds. The Morgan fingerprint density at radius 3 is 2.47 bits per heavy atom. The Labute approximate surface area is 111 Å². The van der Waals surface area contributed by atoms with Crippen molar-refractivity contribution in [3.8, 4) is 6.07 Å². The van der Waals surface area contributed by atoms with Gasteiger partial charge in [-0.25, -0.2) is 4.79 Å². The highest BCUT2D eigenvalue weighted by atomic mass is 16.4. The Morgan fingerprint density at radius 2 is 2.00 bits per heavy atom. The molecular formula is C14H16N2O3. The van der Waals surface area contributed by atoms with Crippen molar-refractivity contribution in [3.05, 3.63) is 35.4 Å². The summed E-state index contributed by atoms with van der Waals surface area (Å²) in [6.07, 6.45) is 1.36. The standard InChI is InChI=1S/C14H16N2O3/c1-2-3-12(14(18)19)16-13(17)11-6-4-10(5-7-11)8-9-15/h4-7,12H,2-3,8H2,1H3,(H,16,17)(H,18,19). The topological polar surface area (TPSA) is 90.2 Å². The van der Waals surface area contributed by atoms with Crippen LogP contribution in [0.25, 0.3) is 0 Å². The van der Waals surface area contributed by atoms with Gasteiger partial charge in [-0.05, 0) is 24.1 Å². The van der Waals surface area contributed by atoms with Gasteiger partial charge in [-0.3, -0.25) is 4.79 Å². The number of carboxylic acid groups (broad SMARTS) is 1. The average Bonchev–Trinajstić information content (AvgIpc) is 2.39. The predicted molar refractivity (Wildman–Crippen MR) is 69.6 cm³/mol. The molecule has 5 nitrogen and oxygen atoms in total. The minimum atomic E-state index is -1.03. The third-order valence-corrected chi connectivity index (χ3v) is 2.68. The molecule has 1 aromatic rings. The lowest BCUT2D eigenvalue weighted by Gasteiger charge is -2.13. The van der Waals surface area contributed by atoms with E-state index in [1.807, 2.05) is 13.0 Å². The first-order chi connectivity index (χ1) is 9.08. The van der Waals surface area contributed by atoms with Crippen LogP contribution in [0.5, 0.6) is 0 Å². The van der Waals surface area contributed by atoms with Crippen molar-refractivity contribution in [3.63, 3.8) is 0 Å². The largest absolute Gasteiger partial charge is 0.480 e. The van der Waals surface area contributed by atoms with Gasteiger partial charge in [-0.2, -0.15) is 5.26 Å². The van der Waals surface area contributed by atoms with E-state index in [4.69, 9.17) is 10.4 Å². The van der Waals surface area contributed by atoms with Crippen LogP contribution in [-0.2, 0) is 11.2 Å². The second kappa shape index (κ2) is 7.17. The number of nitrogens with zero attached hydrogens (tertiary/aromatic N) is 1. The molecule has 0 radical (unpaired) electrons. The highest BCUT2D eigenvalue weighted by molar-refractivity contribution is 5.96. The van der Waals surface area contributed by atoms with Crippen LogP contribution in [0.3, 0.4) is 0 Å². The Balaban J connectivity index is 2.71. The third-order valence-electron chi connectivity index (χ3n) is 2.68. The van der Waals surface area contributed by atoms with Crippen molar-refractivity contribution in [2.75, 3.05) is 0 Å². The molecule has 0 bridgehead atoms. The van der Waals surface area contributed by atoms with Crippen LogP contribution >= 0.6 is 0 Å². The van der Waals surface area contributed by atoms with Gasteiger partial charge in [0.25, 0.3) is 5.91 Å². The highest BCUT2D eigenvalue weighted by Crippen LogP contribution is 2.06. The first-order valence-corrected chi connectivity index (χ1v) is 6.08. The molecule has 0 aliphatic rings. The number of hydrogen-bond donors (Lipinski definition) is 2. The van der Waals surface area contributed by atoms with Gasteiger partial charge < -0.3 is 10.4 Å². The van der Waals surface area contributed by atoms with Gasteiger partial charge in [0, 0.05) is 5.56 Å². The van der Waals surface area contributed by atoms with Gasteiger partial charge in [0.15, 0.2) is 0 Å². The number of carboxylic acids is 1. The van der Waals surface area contributed by atoms with Crippen molar-refractivity contribution in [1.82, 2.24) is 5.32 Å². The zero-order valence-electron chi connectivity index (χ0n) is 10.7. The van der Waals surface area contributed by atoms with E-state index in [9.17, 15) is 9.59 Å². The van der Waals surface area contributed by atoms with E-state index in [1.54, 1.807) is 24.3 Å². The van der Waals surface area contributed by atoms with Crippen molar-refractivity contribution >= 4 is 11.9 Å². The van der Waals surface area contributed by atoms with Crippen LogP contribution in [0.4, 0.5) is 0 Å². The molecule has 0 saturated carbocycles. The molecule has 0 heterocycles. The third kappa shape index (κ3) is 4.43. The number of carbonyl (C=O) groups is 2. The summed E-state index contributed by atoms with van der Waals surface area (Å²) in [5.41, 5.74) is 1.21. The number of hydrogen-bond acceptors (Lipinski definition) is 3. The summed E-state index contributed by atoms with van der Waals surface area (Å²) in [6.45, 7) is 1.86. The number of carbonyl (C=O) groups excluding carboxylic acids is 1. The van der Waals surface area contributed by atoms with Crippen LogP contribution in [-0.4, -0.2) is 23.0 Å². The number of nitriles is 1. The summed E-state index contributed by atoms with van der Waals surface area (Å²) in [5, 5.41) is 20.0. The Morgan fingerprint density at radius 1 is 1.37 bits per heavy atom. The SMILES string of the molecule is CCCC(NC(=O)c1ccc(CC#N)cc1)C(=O)O. The van der Waals surface area contributed by atoms with Crippen molar-refractivity contribution in [2.45, 2.75) is 32.2 Å². The van der Waals surface area contributed by atoms with Gasteiger partial charge in [-0.15, -0.1) is 0 Å². The number of rotatable bonds is 6. The normalized spacial score (nSPS) is 11.4. The molecular weight excluding hydrogens is 244 g/mol. The summed E-state index contributed by atoms with van der Waals surface area (Å²) >= 11 is 0. The lowest BCUT2D eigenvalue weighted by atomic mass is 10.1. The minimum absolute atomic E-state index is 0.287. The van der Waals surface area contributed by atoms with Crippen LogP contribution in [0.15, 0.2) is 24.3 Å². The number of aliphatic carboxylic acids is 1. The Bertz CT molecular complexity index is 488. The molecule has 1 unspecified atom stereocenters. The van der Waals surface area contributed by atoms with Crippen molar-refractivity contribution < 1.29 is 14.7 Å². The molecule has 2 N–H and O–H groups in total. The molecule has 0 fully saturated rings. The molecule has 0 aromatic heterocycles. The maximum Gasteiger partial charge on any atom is 0.326 e. The Hall–Kier alpha value is -2.35. The van der Waals surface area contributed by atoms with Gasteiger partial charge in [-0.1, -0.05) is 25.5 Å². The number of benzene rings is 1. The van der Waals surface area contributed by atoms with E-state index in [1.165, 1.54) is 0 Å². The van der Waals surface area contributed by atoms with Gasteiger partial charge in [0.05, 0.1) is 12.5 Å². The monoisotopic (exact) mass is 260 g/mol. The molecule has 19 heavy (non-hydrogen) atoms. The average molecular weight is 260 g/mol. The van der Waals surface area contributed by atoms with Gasteiger partial charge in [0.1, 0.15) is 6.04 Å². The smallest absolute Gasteiger partial charge is 0.326 e. The molecule has 1 aromatic carbocycles. The second-order valence-electron chi connectivity index (χ2n) is 4.18. The van der Waals surface area contributed by atoms with Crippen molar-refractivity contribution in [1.29, 1.82) is 5.26 Å². The fourth-order valence-corrected chi connectivity index (χ4v) is 1.65. The van der Waals surface area contributed by atoms with E-state index < -0.39 is 17.9 Å². The lowest BCUT2D eigenvalue weighted by molar-refractivity contribution is -0.139. The maximum atomic E-state index is 11.9. The van der Waals surface area contributed by atoms with E-state index in [-0.39, 0.29) is 6.42 Å². The molecule has 100 valence electrons. The van der Waals surface area contributed by atoms with Gasteiger partial charge in [0.2, 0.25) is 0 Å². The molecule has 0 spiro atoms. The molecule has 0 aliphatic carbocycles. The summed E-state index contributed by atoms with van der Waals surface area (Å²) in [5.74, 6) is -1.44. The summed E-state index contributed by atoms with van der Waals surface area (Å²) in [4.78, 5) is 22.8. The first kappa shape index (κ1) is 14.7. The maximum absolute atomic E-state index is 11.9. The molecule has 1 rings (SSSR count). The van der Waals surface area contributed by atoms with Crippen LogP contribution < -0.4 is 5.32 Å². The van der Waals surface area contributed by atoms with Crippen LogP contribution in [0, 0.1) is 11.3 Å². The number of nitrogens with one attached hydrogen (secondary N) is 1. The van der Waals surface area contributed by atoms with Crippen LogP contribution in [0.2, 0.25) is 0 Å². The quantitative estimate of drug-likeness (QED) is 0.815. The van der Waals surface area contributed by atoms with Gasteiger partial charge >= 0.3 is 5.97 Å². The number of amides is 1. The minimum Gasteiger partial charge on any atom is -0.480 e. The molecule has 0 aliphatic heterocycles. The zero-order valence-corrected chi connectivity index (χ0v) is 10.7. The van der Waals surface area contributed by atoms with E-state index in [2.05, 4.69) is 5.32 Å². The van der Waals surface area contributed by atoms with E-state index in [0.717, 1.165) is 5.56 Å². The van der Waals surface area contributed by atoms with Crippen molar-refractivity contribution in [2.24, 2.45) is 0 Å². The molecule has 0 saturated heterocycles. The van der Waals surface area contributed by atoms with Crippen LogP contribution in [0.1, 0.15) is 35.7 Å². The van der Waals surface area contributed by atoms with E-state index in [0.29, 0.717) is 18.4 Å².